The van der Waals surface area contributed by atoms with E-state index in [1.54, 1.807) is 0 Å². The largest absolute Gasteiger partial charge is 0 e. The summed E-state index contributed by atoms with van der Waals surface area (Å²) in [5.74, 6) is 0. The van der Waals surface area contributed by atoms with Gasteiger partial charge in [0.15, 0.2) is 0 Å². The summed E-state index contributed by atoms with van der Waals surface area (Å²) in [5.41, 5.74) is 0. The zero-order valence-corrected chi connectivity index (χ0v) is 13.8. The summed E-state index contributed by atoms with van der Waals surface area (Å²) in [6.07, 6.45) is 0. The first-order chi connectivity index (χ1) is 0. The molecule has 0 saturated carbocycles. The van der Waals surface area contributed by atoms with Crippen molar-refractivity contribution in [3.63, 3.8) is 0 Å². The summed E-state index contributed by atoms with van der Waals surface area (Å²) < 4.78 is 0. The van der Waals surface area contributed by atoms with Crippen LogP contribution >= 0.6 is 0 Å². The van der Waals surface area contributed by atoms with E-state index in [9.17, 15) is 0 Å². The van der Waals surface area contributed by atoms with Gasteiger partial charge in [0, 0.05) is 65.2 Å². The van der Waals surface area contributed by atoms with Gasteiger partial charge in [0.1, 0.15) is 0 Å². The molecule has 0 heterocycles. The van der Waals surface area contributed by atoms with Gasteiger partial charge in [0.05, 0.1) is 0 Å². The first-order valence-corrected chi connectivity index (χ1v) is 0. The molecule has 0 aromatic heterocycles. The molecule has 0 saturated heterocycles. The van der Waals surface area contributed by atoms with Crippen LogP contribution in [0.2, 0.25) is 0 Å². The third-order valence-corrected chi connectivity index (χ3v) is 0. The van der Waals surface area contributed by atoms with Gasteiger partial charge in [-0.2, -0.15) is 0 Å². The Labute approximate surface area is 112 Å². The van der Waals surface area contributed by atoms with Gasteiger partial charge in [0.25, 0.3) is 0 Å². The number of rotatable bonds is 0. The first kappa shape index (κ1) is 133. The monoisotopic (exact) mass is 334 g/mol. The van der Waals surface area contributed by atoms with E-state index in [0.717, 1.165) is 0 Å². The van der Waals surface area contributed by atoms with Crippen molar-refractivity contribution < 1.29 is 65.2 Å². The molecule has 0 aromatic carbocycles. The van der Waals surface area contributed by atoms with Gasteiger partial charge in [-0.1, -0.05) is 0 Å². The summed E-state index contributed by atoms with van der Waals surface area (Å²) in [6.45, 7) is 0. The van der Waals surface area contributed by atoms with Gasteiger partial charge in [-0.25, -0.2) is 0 Å². The maximum Gasteiger partial charge on any atom is 0 e. The van der Waals surface area contributed by atoms with Crippen LogP contribution in [0.4, 0.5) is 0 Å². The molecule has 0 unspecified atom stereocenters. The second kappa shape index (κ2) is 97.5. The van der Waals surface area contributed by atoms with Crippen LogP contribution < -0.4 is 24.6 Å². The Kier molecular flexibility index (Phi) is 1620. The van der Waals surface area contributed by atoms with Crippen molar-refractivity contribution in [3.05, 3.63) is 0 Å². The van der Waals surface area contributed by atoms with Gasteiger partial charge < -0.3 is 24.6 Å². The van der Waals surface area contributed by atoms with Crippen LogP contribution in [0.3, 0.4) is 0 Å². The van der Waals surface area contributed by atoms with Crippen LogP contribution in [0.25, 0.3) is 0 Å². The molecule has 8 heteroatoms. The standard InChI is InChI=1S/4H3N.Sn.3Ti.2H/h4*1H3;;;;;;. The topological polar surface area (TPSA) is 140 Å². The average molecular weight is 332 g/mol. The average Bonchev–Trinajstić information content (AvgIpc) is 0. The SMILES string of the molecule is N.N.N.N.[SnH2].[Ti].[Ti].[Ti]. The molecule has 0 spiro atoms. The Hall–Kier alpha value is 2.78. The molecule has 0 aliphatic carbocycles. The van der Waals surface area contributed by atoms with Crippen molar-refractivity contribution in [3.8, 4) is 0 Å². The van der Waals surface area contributed by atoms with Crippen molar-refractivity contribution in [2.45, 2.75) is 0 Å². The van der Waals surface area contributed by atoms with E-state index in [2.05, 4.69) is 0 Å². The molecular formula is H14N4SnTi3. The van der Waals surface area contributed by atoms with Crippen LogP contribution in [-0.4, -0.2) is 23.9 Å². The van der Waals surface area contributed by atoms with Gasteiger partial charge in [-0.05, 0) is 0 Å². The van der Waals surface area contributed by atoms with Crippen molar-refractivity contribution >= 4 is 23.9 Å². The van der Waals surface area contributed by atoms with Crippen molar-refractivity contribution in [1.29, 1.82) is 0 Å². The molecule has 0 amide bonds. The minimum absolute atomic E-state index is 0. The fraction of sp³-hybridized carbons (Fsp3) is 0. The molecule has 8 heavy (non-hydrogen) atoms. The van der Waals surface area contributed by atoms with E-state index in [1.807, 2.05) is 0 Å². The van der Waals surface area contributed by atoms with E-state index >= 15 is 0 Å². The maximum absolute atomic E-state index is 0. The van der Waals surface area contributed by atoms with Crippen molar-refractivity contribution in [1.82, 2.24) is 24.6 Å². The van der Waals surface area contributed by atoms with Crippen molar-refractivity contribution in [2.75, 3.05) is 0 Å². The summed E-state index contributed by atoms with van der Waals surface area (Å²) in [4.78, 5) is 0. The molecule has 50 valence electrons. The molecule has 0 rings (SSSR count). The molecule has 0 aliphatic rings. The van der Waals surface area contributed by atoms with E-state index in [4.69, 9.17) is 0 Å². The number of hydrogen-bond donors (Lipinski definition) is 4. The second-order valence-electron chi connectivity index (χ2n) is 0. The summed E-state index contributed by atoms with van der Waals surface area (Å²) >= 11 is 0. The van der Waals surface area contributed by atoms with Crippen LogP contribution in [0.15, 0.2) is 0 Å². The summed E-state index contributed by atoms with van der Waals surface area (Å²) in [6, 6.07) is 0. The third kappa shape index (κ3) is 68.7. The first-order valence-electron chi connectivity index (χ1n) is 0. The van der Waals surface area contributed by atoms with Gasteiger partial charge in [-0.3, -0.25) is 0 Å². The van der Waals surface area contributed by atoms with E-state index in [-0.39, 0.29) is 114 Å². The predicted octanol–water partition coefficient (Wildman–Crippen LogP) is -0.276. The van der Waals surface area contributed by atoms with Crippen LogP contribution in [-0.2, 0) is 65.2 Å². The maximum atomic E-state index is 0. The minimum Gasteiger partial charge on any atom is 0 e. The zero-order valence-electron chi connectivity index (χ0n) is 5.04. The Balaban J connectivity index is 0. The minimum atomic E-state index is 0. The predicted molar refractivity (Wildman–Crippen MR) is 28.6 cm³/mol. The van der Waals surface area contributed by atoms with E-state index in [0.29, 0.717) is 0 Å². The van der Waals surface area contributed by atoms with Crippen LogP contribution in [0.5, 0.6) is 0 Å². The summed E-state index contributed by atoms with van der Waals surface area (Å²) in [5, 5.41) is 0. The normalized spacial score (nSPS) is 0. The summed E-state index contributed by atoms with van der Waals surface area (Å²) in [7, 11) is 0. The molecule has 0 fully saturated rings. The van der Waals surface area contributed by atoms with Crippen LogP contribution in [0.1, 0.15) is 0 Å². The second-order valence-corrected chi connectivity index (χ2v) is 0. The fourth-order valence-electron chi connectivity index (χ4n) is 0. The quantitative estimate of drug-likeness (QED) is 0.453. The third-order valence-electron chi connectivity index (χ3n) is 0. The van der Waals surface area contributed by atoms with Gasteiger partial charge in [0.2, 0.25) is 0 Å². The van der Waals surface area contributed by atoms with E-state index in [1.165, 1.54) is 0 Å². The van der Waals surface area contributed by atoms with Crippen molar-refractivity contribution in [2.24, 2.45) is 0 Å². The Morgan fingerprint density at radius 1 is 0.375 bits per heavy atom. The van der Waals surface area contributed by atoms with Crippen LogP contribution in [0, 0.1) is 0 Å². The molecule has 12 N–H and O–H groups in total. The molecule has 0 atom stereocenters. The smallest absolute Gasteiger partial charge is 0 e. The Morgan fingerprint density at radius 3 is 0.375 bits per heavy atom. The molecular weight excluding hydrogens is 318 g/mol. The fourth-order valence-corrected chi connectivity index (χ4v) is 0. The zero-order chi connectivity index (χ0) is 0. The molecule has 4 nitrogen and oxygen atoms in total. The van der Waals surface area contributed by atoms with Gasteiger partial charge >= 0.3 is 23.9 Å². The molecule has 0 aliphatic heterocycles. The number of hydrogen-bond acceptors (Lipinski definition) is 4. The van der Waals surface area contributed by atoms with Gasteiger partial charge in [-0.15, -0.1) is 0 Å². The Bertz CT molecular complexity index is 11.2. The Morgan fingerprint density at radius 2 is 0.375 bits per heavy atom. The molecule has 0 bridgehead atoms. The molecule has 0 aromatic rings. The van der Waals surface area contributed by atoms with E-state index < -0.39 is 0 Å². The molecule has 2 radical (unpaired) electrons.